The smallest absolute Gasteiger partial charge is 0.0621 e. The maximum Gasteiger partial charge on any atom is 0.0621 e. The monoisotopic (exact) mass is 261 g/mol. The highest BCUT2D eigenvalue weighted by atomic mass is 16.3. The molecule has 0 saturated heterocycles. The van der Waals surface area contributed by atoms with Crippen LogP contribution >= 0.6 is 0 Å². The summed E-state index contributed by atoms with van der Waals surface area (Å²) in [4.78, 5) is 0. The van der Waals surface area contributed by atoms with Crippen molar-refractivity contribution >= 4 is 0 Å². The zero-order valence-corrected chi connectivity index (χ0v) is 11.8. The zero-order valence-electron chi connectivity index (χ0n) is 11.8. The molecule has 1 aromatic rings. The number of aliphatic hydroxyl groups is 1. The van der Waals surface area contributed by atoms with E-state index in [2.05, 4.69) is 12.1 Å². The van der Waals surface area contributed by atoms with Crippen molar-refractivity contribution < 1.29 is 5.11 Å². The van der Waals surface area contributed by atoms with Crippen LogP contribution in [0.25, 0.3) is 0 Å². The molecule has 1 saturated carbocycles. The van der Waals surface area contributed by atoms with E-state index in [-0.39, 0.29) is 12.0 Å². The van der Waals surface area contributed by atoms with Gasteiger partial charge in [-0.2, -0.15) is 0 Å². The van der Waals surface area contributed by atoms with E-state index in [1.807, 2.05) is 18.2 Å². The molecule has 2 unspecified atom stereocenters. The molecular formula is C17H27NO. The van der Waals surface area contributed by atoms with Crippen molar-refractivity contribution in [1.82, 2.24) is 0 Å². The van der Waals surface area contributed by atoms with Crippen LogP contribution in [0.3, 0.4) is 0 Å². The van der Waals surface area contributed by atoms with Crippen molar-refractivity contribution in [2.75, 3.05) is 6.54 Å². The number of aliphatic hydroxyl groups excluding tert-OH is 1. The van der Waals surface area contributed by atoms with Gasteiger partial charge in [-0.1, -0.05) is 62.4 Å². The van der Waals surface area contributed by atoms with E-state index in [0.29, 0.717) is 6.54 Å². The van der Waals surface area contributed by atoms with Crippen molar-refractivity contribution in [3.05, 3.63) is 35.9 Å². The summed E-state index contributed by atoms with van der Waals surface area (Å²) in [5.74, 6) is 0.919. The van der Waals surface area contributed by atoms with E-state index in [9.17, 15) is 5.11 Å². The van der Waals surface area contributed by atoms with Crippen LogP contribution in [0.2, 0.25) is 0 Å². The van der Waals surface area contributed by atoms with Crippen LogP contribution in [0.15, 0.2) is 30.3 Å². The SMILES string of the molecule is NCC(c1ccccc1)C(O)CCC1CCCCC1. The summed E-state index contributed by atoms with van der Waals surface area (Å²) in [6, 6.07) is 10.2. The van der Waals surface area contributed by atoms with Crippen LogP contribution in [0.4, 0.5) is 0 Å². The highest BCUT2D eigenvalue weighted by Crippen LogP contribution is 2.30. The average Bonchev–Trinajstić information content (AvgIpc) is 2.48. The highest BCUT2D eigenvalue weighted by molar-refractivity contribution is 5.21. The molecule has 0 aliphatic heterocycles. The van der Waals surface area contributed by atoms with Gasteiger partial charge in [-0.05, 0) is 24.3 Å². The Balaban J connectivity index is 1.84. The quantitative estimate of drug-likeness (QED) is 0.824. The zero-order chi connectivity index (χ0) is 13.5. The van der Waals surface area contributed by atoms with Gasteiger partial charge in [0.1, 0.15) is 0 Å². The number of hydrogen-bond acceptors (Lipinski definition) is 2. The summed E-state index contributed by atoms with van der Waals surface area (Å²) in [5.41, 5.74) is 7.02. The minimum absolute atomic E-state index is 0.0878. The lowest BCUT2D eigenvalue weighted by molar-refractivity contribution is 0.123. The van der Waals surface area contributed by atoms with Crippen LogP contribution in [0, 0.1) is 5.92 Å². The molecule has 2 heteroatoms. The summed E-state index contributed by atoms with van der Waals surface area (Å²) in [5, 5.41) is 10.4. The molecule has 0 amide bonds. The minimum Gasteiger partial charge on any atom is -0.392 e. The van der Waals surface area contributed by atoms with Gasteiger partial charge in [0.2, 0.25) is 0 Å². The van der Waals surface area contributed by atoms with E-state index in [0.717, 1.165) is 18.8 Å². The Morgan fingerprint density at radius 3 is 2.42 bits per heavy atom. The van der Waals surface area contributed by atoms with Gasteiger partial charge >= 0.3 is 0 Å². The number of benzene rings is 1. The summed E-state index contributed by atoms with van der Waals surface area (Å²) in [7, 11) is 0. The van der Waals surface area contributed by atoms with Gasteiger partial charge in [-0.15, -0.1) is 0 Å². The third kappa shape index (κ3) is 4.32. The first-order chi connectivity index (χ1) is 9.31. The Labute approximate surface area is 117 Å². The lowest BCUT2D eigenvalue weighted by Crippen LogP contribution is -2.26. The van der Waals surface area contributed by atoms with Crippen LogP contribution < -0.4 is 5.73 Å². The van der Waals surface area contributed by atoms with E-state index in [1.54, 1.807) is 0 Å². The van der Waals surface area contributed by atoms with E-state index < -0.39 is 0 Å². The maximum absolute atomic E-state index is 10.4. The molecule has 1 aromatic carbocycles. The highest BCUT2D eigenvalue weighted by Gasteiger charge is 2.21. The van der Waals surface area contributed by atoms with Crippen LogP contribution in [0.5, 0.6) is 0 Å². The Morgan fingerprint density at radius 2 is 1.79 bits per heavy atom. The fourth-order valence-electron chi connectivity index (χ4n) is 3.30. The van der Waals surface area contributed by atoms with Gasteiger partial charge in [0, 0.05) is 12.5 Å². The molecule has 0 spiro atoms. The van der Waals surface area contributed by atoms with Crippen LogP contribution in [-0.2, 0) is 0 Å². The summed E-state index contributed by atoms with van der Waals surface area (Å²) in [6.45, 7) is 0.524. The van der Waals surface area contributed by atoms with Gasteiger partial charge in [-0.3, -0.25) is 0 Å². The molecular weight excluding hydrogens is 234 g/mol. The molecule has 1 aliphatic carbocycles. The predicted octanol–water partition coefficient (Wildman–Crippen LogP) is 3.45. The summed E-state index contributed by atoms with van der Waals surface area (Å²) < 4.78 is 0. The predicted molar refractivity (Wildman–Crippen MR) is 80.1 cm³/mol. The Hall–Kier alpha value is -0.860. The lowest BCUT2D eigenvalue weighted by Gasteiger charge is -2.26. The van der Waals surface area contributed by atoms with Crippen LogP contribution in [0.1, 0.15) is 56.4 Å². The molecule has 2 nitrogen and oxygen atoms in total. The van der Waals surface area contributed by atoms with Crippen molar-refractivity contribution in [3.63, 3.8) is 0 Å². The molecule has 0 bridgehead atoms. The average molecular weight is 261 g/mol. The van der Waals surface area contributed by atoms with Gasteiger partial charge in [-0.25, -0.2) is 0 Å². The standard InChI is InChI=1S/C17H27NO/c18-13-16(15-9-5-2-6-10-15)17(19)12-11-14-7-3-1-4-8-14/h2,5-6,9-10,14,16-17,19H,1,3-4,7-8,11-13,18H2. The first-order valence-electron chi connectivity index (χ1n) is 7.74. The van der Waals surface area contributed by atoms with Crippen LogP contribution in [-0.4, -0.2) is 17.8 Å². The third-order valence-corrected chi connectivity index (χ3v) is 4.54. The number of rotatable bonds is 6. The second kappa shape index (κ2) is 7.66. The maximum atomic E-state index is 10.4. The Bertz CT molecular complexity index is 346. The first kappa shape index (κ1) is 14.5. The molecule has 0 heterocycles. The fourth-order valence-corrected chi connectivity index (χ4v) is 3.30. The molecule has 3 N–H and O–H groups in total. The molecule has 106 valence electrons. The number of nitrogens with two attached hydrogens (primary N) is 1. The fraction of sp³-hybridized carbons (Fsp3) is 0.647. The largest absolute Gasteiger partial charge is 0.392 e. The normalized spacial score (nSPS) is 20.1. The Morgan fingerprint density at radius 1 is 1.11 bits per heavy atom. The van der Waals surface area contributed by atoms with Crippen molar-refractivity contribution in [2.24, 2.45) is 11.7 Å². The molecule has 2 rings (SSSR count). The van der Waals surface area contributed by atoms with E-state index in [1.165, 1.54) is 37.7 Å². The molecule has 0 aromatic heterocycles. The van der Waals surface area contributed by atoms with Crippen molar-refractivity contribution in [3.8, 4) is 0 Å². The third-order valence-electron chi connectivity index (χ3n) is 4.54. The summed E-state index contributed by atoms with van der Waals surface area (Å²) >= 11 is 0. The first-order valence-corrected chi connectivity index (χ1v) is 7.74. The van der Waals surface area contributed by atoms with Gasteiger partial charge in [0.25, 0.3) is 0 Å². The molecule has 2 atom stereocenters. The van der Waals surface area contributed by atoms with E-state index >= 15 is 0 Å². The summed E-state index contributed by atoms with van der Waals surface area (Å²) in [6.07, 6.45) is 8.60. The molecule has 1 fully saturated rings. The second-order valence-electron chi connectivity index (χ2n) is 5.90. The molecule has 0 radical (unpaired) electrons. The second-order valence-corrected chi connectivity index (χ2v) is 5.90. The van der Waals surface area contributed by atoms with Gasteiger partial charge in [0.05, 0.1) is 6.10 Å². The lowest BCUT2D eigenvalue weighted by atomic mass is 9.83. The van der Waals surface area contributed by atoms with Crippen molar-refractivity contribution in [2.45, 2.75) is 57.0 Å². The van der Waals surface area contributed by atoms with Gasteiger partial charge in [0.15, 0.2) is 0 Å². The topological polar surface area (TPSA) is 46.2 Å². The minimum atomic E-state index is -0.297. The van der Waals surface area contributed by atoms with Gasteiger partial charge < -0.3 is 10.8 Å². The van der Waals surface area contributed by atoms with Crippen molar-refractivity contribution in [1.29, 1.82) is 0 Å². The van der Waals surface area contributed by atoms with E-state index in [4.69, 9.17) is 5.73 Å². The molecule has 19 heavy (non-hydrogen) atoms. The Kier molecular flexibility index (Phi) is 5.87. The number of hydrogen-bond donors (Lipinski definition) is 2. The molecule has 1 aliphatic rings.